The molecule has 2 saturated heterocycles. The average molecular weight is 422 g/mol. The first-order chi connectivity index (χ1) is 13.6. The third-order valence-electron chi connectivity index (χ3n) is 4.99. The summed E-state index contributed by atoms with van der Waals surface area (Å²) < 4.78 is 11.1. The van der Waals surface area contributed by atoms with Gasteiger partial charge in [-0.1, -0.05) is 23.2 Å². The monoisotopic (exact) mass is 421 g/mol. The molecule has 4 rings (SSSR count). The molecule has 3 heterocycles. The SMILES string of the molecule is O=C(c1ccnc(OC2CCOC2)c1)N1CCN(c2ccc(Cl)c(Cl)c2)CC1. The van der Waals surface area contributed by atoms with Crippen LogP contribution in [-0.4, -0.2) is 61.3 Å². The average Bonchev–Trinajstić information content (AvgIpc) is 3.23. The molecule has 2 aliphatic heterocycles. The Hall–Kier alpha value is -2.02. The molecular formula is C20H21Cl2N3O3. The second-order valence-corrected chi connectivity index (χ2v) is 7.68. The Morgan fingerprint density at radius 2 is 1.93 bits per heavy atom. The minimum absolute atomic E-state index is 0.00703. The lowest BCUT2D eigenvalue weighted by molar-refractivity contribution is 0.0745. The smallest absolute Gasteiger partial charge is 0.254 e. The highest BCUT2D eigenvalue weighted by molar-refractivity contribution is 6.42. The van der Waals surface area contributed by atoms with Crippen LogP contribution in [0.3, 0.4) is 0 Å². The van der Waals surface area contributed by atoms with Gasteiger partial charge in [-0.25, -0.2) is 4.98 Å². The van der Waals surface area contributed by atoms with Gasteiger partial charge in [0.25, 0.3) is 5.91 Å². The molecule has 2 aliphatic rings. The van der Waals surface area contributed by atoms with E-state index in [4.69, 9.17) is 32.7 Å². The van der Waals surface area contributed by atoms with Crippen LogP contribution in [0.15, 0.2) is 36.5 Å². The summed E-state index contributed by atoms with van der Waals surface area (Å²) in [4.78, 5) is 21.2. The lowest BCUT2D eigenvalue weighted by atomic mass is 10.2. The maximum absolute atomic E-state index is 12.9. The van der Waals surface area contributed by atoms with Crippen molar-refractivity contribution in [2.75, 3.05) is 44.3 Å². The van der Waals surface area contributed by atoms with Crippen molar-refractivity contribution in [3.05, 3.63) is 52.1 Å². The zero-order chi connectivity index (χ0) is 19.5. The second kappa shape index (κ2) is 8.55. The van der Waals surface area contributed by atoms with Crippen LogP contribution in [-0.2, 0) is 4.74 Å². The summed E-state index contributed by atoms with van der Waals surface area (Å²) in [5, 5.41) is 1.08. The number of rotatable bonds is 4. The van der Waals surface area contributed by atoms with Gasteiger partial charge in [-0.2, -0.15) is 0 Å². The molecule has 2 aromatic rings. The lowest BCUT2D eigenvalue weighted by Crippen LogP contribution is -2.48. The van der Waals surface area contributed by atoms with E-state index in [0.29, 0.717) is 47.8 Å². The molecule has 0 bridgehead atoms. The predicted octanol–water partition coefficient (Wildman–Crippen LogP) is 3.52. The first kappa shape index (κ1) is 19.3. The van der Waals surface area contributed by atoms with Crippen LogP contribution >= 0.6 is 23.2 Å². The number of carbonyl (C=O) groups excluding carboxylic acids is 1. The maximum Gasteiger partial charge on any atom is 0.254 e. The van der Waals surface area contributed by atoms with Gasteiger partial charge in [0, 0.05) is 56.1 Å². The van der Waals surface area contributed by atoms with Crippen molar-refractivity contribution in [2.45, 2.75) is 12.5 Å². The first-order valence-corrected chi connectivity index (χ1v) is 10.1. The van der Waals surface area contributed by atoms with Gasteiger partial charge in [-0.3, -0.25) is 4.79 Å². The molecule has 0 spiro atoms. The third kappa shape index (κ3) is 4.35. The topological polar surface area (TPSA) is 54.9 Å². The standard InChI is InChI=1S/C20H21Cl2N3O3/c21-17-2-1-15(12-18(17)22)24-6-8-25(9-7-24)20(26)14-3-5-23-19(11-14)28-16-4-10-27-13-16/h1-3,5,11-12,16H,4,6-10,13H2. The molecule has 1 unspecified atom stereocenters. The van der Waals surface area contributed by atoms with Gasteiger partial charge in [0.1, 0.15) is 6.10 Å². The molecule has 28 heavy (non-hydrogen) atoms. The number of anilines is 1. The highest BCUT2D eigenvalue weighted by atomic mass is 35.5. The van der Waals surface area contributed by atoms with E-state index in [1.165, 1.54) is 0 Å². The molecular weight excluding hydrogens is 401 g/mol. The summed E-state index contributed by atoms with van der Waals surface area (Å²) >= 11 is 12.1. The van der Waals surface area contributed by atoms with Crippen LogP contribution in [0.4, 0.5) is 5.69 Å². The fourth-order valence-corrected chi connectivity index (χ4v) is 3.71. The molecule has 0 aliphatic carbocycles. The summed E-state index contributed by atoms with van der Waals surface area (Å²) in [6.45, 7) is 4.00. The molecule has 148 valence electrons. The molecule has 1 amide bonds. The number of pyridine rings is 1. The van der Waals surface area contributed by atoms with Gasteiger partial charge >= 0.3 is 0 Å². The number of benzene rings is 1. The van der Waals surface area contributed by atoms with E-state index < -0.39 is 0 Å². The number of ether oxygens (including phenoxy) is 2. The Labute approximate surface area is 173 Å². The number of nitrogens with zero attached hydrogens (tertiary/aromatic N) is 3. The fraction of sp³-hybridized carbons (Fsp3) is 0.400. The second-order valence-electron chi connectivity index (χ2n) is 6.86. The predicted molar refractivity (Wildman–Crippen MR) is 109 cm³/mol. The van der Waals surface area contributed by atoms with Crippen molar-refractivity contribution in [1.82, 2.24) is 9.88 Å². The van der Waals surface area contributed by atoms with Gasteiger partial charge in [-0.05, 0) is 24.3 Å². The number of halogens is 2. The highest BCUT2D eigenvalue weighted by Crippen LogP contribution is 2.28. The van der Waals surface area contributed by atoms with Crippen molar-refractivity contribution in [2.24, 2.45) is 0 Å². The molecule has 0 saturated carbocycles. The van der Waals surface area contributed by atoms with E-state index in [0.717, 1.165) is 25.2 Å². The molecule has 1 aromatic heterocycles. The quantitative estimate of drug-likeness (QED) is 0.755. The van der Waals surface area contributed by atoms with E-state index in [1.807, 2.05) is 17.0 Å². The van der Waals surface area contributed by atoms with E-state index in [-0.39, 0.29) is 12.0 Å². The van der Waals surface area contributed by atoms with Crippen molar-refractivity contribution in [3.63, 3.8) is 0 Å². The van der Waals surface area contributed by atoms with E-state index in [9.17, 15) is 4.79 Å². The molecule has 0 N–H and O–H groups in total. The Morgan fingerprint density at radius 1 is 1.11 bits per heavy atom. The number of amides is 1. The molecule has 8 heteroatoms. The number of carbonyl (C=O) groups is 1. The fourth-order valence-electron chi connectivity index (χ4n) is 3.42. The summed E-state index contributed by atoms with van der Waals surface area (Å²) in [5.41, 5.74) is 1.60. The minimum Gasteiger partial charge on any atom is -0.472 e. The van der Waals surface area contributed by atoms with E-state index in [2.05, 4.69) is 9.88 Å². The van der Waals surface area contributed by atoms with Gasteiger partial charge in [0.05, 0.1) is 23.3 Å². The van der Waals surface area contributed by atoms with Crippen molar-refractivity contribution in [3.8, 4) is 5.88 Å². The Morgan fingerprint density at radius 3 is 2.64 bits per heavy atom. The molecule has 1 atom stereocenters. The van der Waals surface area contributed by atoms with Crippen molar-refractivity contribution in [1.29, 1.82) is 0 Å². The van der Waals surface area contributed by atoms with Gasteiger partial charge in [-0.15, -0.1) is 0 Å². The number of aromatic nitrogens is 1. The van der Waals surface area contributed by atoms with Crippen LogP contribution in [0, 0.1) is 0 Å². The van der Waals surface area contributed by atoms with Crippen LogP contribution in [0.2, 0.25) is 10.0 Å². The van der Waals surface area contributed by atoms with Gasteiger partial charge in [0.2, 0.25) is 5.88 Å². The van der Waals surface area contributed by atoms with Crippen LogP contribution in [0.25, 0.3) is 0 Å². The zero-order valence-electron chi connectivity index (χ0n) is 15.3. The summed E-state index contributed by atoms with van der Waals surface area (Å²) in [6, 6.07) is 9.05. The molecule has 1 aromatic carbocycles. The normalized spacial score (nSPS) is 19.7. The van der Waals surface area contributed by atoms with E-state index >= 15 is 0 Å². The number of hydrogen-bond acceptors (Lipinski definition) is 5. The number of piperazine rings is 1. The Balaban J connectivity index is 1.37. The Bertz CT molecular complexity index is 850. The van der Waals surface area contributed by atoms with Crippen molar-refractivity contribution >= 4 is 34.8 Å². The van der Waals surface area contributed by atoms with Crippen molar-refractivity contribution < 1.29 is 14.3 Å². The molecule has 0 radical (unpaired) electrons. The van der Waals surface area contributed by atoms with Crippen LogP contribution in [0.1, 0.15) is 16.8 Å². The first-order valence-electron chi connectivity index (χ1n) is 9.30. The molecule has 2 fully saturated rings. The van der Waals surface area contributed by atoms with Gasteiger partial charge < -0.3 is 19.3 Å². The Kier molecular flexibility index (Phi) is 5.90. The minimum atomic E-state index is -0.0105. The summed E-state index contributed by atoms with van der Waals surface area (Å²) in [6.07, 6.45) is 2.47. The summed E-state index contributed by atoms with van der Waals surface area (Å²) in [7, 11) is 0. The van der Waals surface area contributed by atoms with Crippen LogP contribution in [0.5, 0.6) is 5.88 Å². The number of hydrogen-bond donors (Lipinski definition) is 0. The molecule has 6 nitrogen and oxygen atoms in total. The van der Waals surface area contributed by atoms with Crippen LogP contribution < -0.4 is 9.64 Å². The lowest BCUT2D eigenvalue weighted by Gasteiger charge is -2.36. The van der Waals surface area contributed by atoms with E-state index in [1.54, 1.807) is 24.4 Å². The third-order valence-corrected chi connectivity index (χ3v) is 5.73. The highest BCUT2D eigenvalue weighted by Gasteiger charge is 2.24. The summed E-state index contributed by atoms with van der Waals surface area (Å²) in [5.74, 6) is 0.458. The largest absolute Gasteiger partial charge is 0.472 e. The zero-order valence-corrected chi connectivity index (χ0v) is 16.8. The maximum atomic E-state index is 12.9. The van der Waals surface area contributed by atoms with Gasteiger partial charge in [0.15, 0.2) is 0 Å².